The minimum atomic E-state index is 0.214. The van der Waals surface area contributed by atoms with E-state index in [0.29, 0.717) is 5.92 Å². The zero-order valence-corrected chi connectivity index (χ0v) is 15.0. The lowest BCUT2D eigenvalue weighted by atomic mass is 10.1. The molecule has 1 unspecified atom stereocenters. The Balaban J connectivity index is 1.94. The summed E-state index contributed by atoms with van der Waals surface area (Å²) in [5.74, 6) is 1.30. The van der Waals surface area contributed by atoms with Crippen molar-refractivity contribution in [2.24, 2.45) is 5.92 Å². The summed E-state index contributed by atoms with van der Waals surface area (Å²) in [4.78, 5) is 11.2. The molecule has 0 spiro atoms. The fourth-order valence-electron chi connectivity index (χ4n) is 3.25. The highest BCUT2D eigenvalue weighted by molar-refractivity contribution is 6.30. The van der Waals surface area contributed by atoms with Crippen molar-refractivity contribution in [3.8, 4) is 0 Å². The molecule has 1 atom stereocenters. The highest BCUT2D eigenvalue weighted by atomic mass is 35.5. The van der Waals surface area contributed by atoms with Crippen molar-refractivity contribution < 1.29 is 0 Å². The Labute approximate surface area is 142 Å². The molecule has 6 heteroatoms. The van der Waals surface area contributed by atoms with Crippen LogP contribution in [0.15, 0.2) is 12.4 Å². The Hall–Kier alpha value is -1.62. The van der Waals surface area contributed by atoms with Gasteiger partial charge in [-0.05, 0) is 38.2 Å². The van der Waals surface area contributed by atoms with E-state index in [0.717, 1.165) is 53.9 Å². The molecule has 1 aliphatic heterocycles. The van der Waals surface area contributed by atoms with Crippen molar-refractivity contribution in [1.29, 1.82) is 0 Å². The number of anilines is 1. The number of nitrogens with zero attached hydrogens (tertiary/aromatic N) is 5. The van der Waals surface area contributed by atoms with Gasteiger partial charge in [0.15, 0.2) is 0 Å². The Kier molecular flexibility index (Phi) is 4.57. The Morgan fingerprint density at radius 1 is 1.26 bits per heavy atom. The number of hydrogen-bond acceptors (Lipinski definition) is 4. The summed E-state index contributed by atoms with van der Waals surface area (Å²) >= 11 is 6.66. The lowest BCUT2D eigenvalue weighted by Gasteiger charge is -2.24. The van der Waals surface area contributed by atoms with Gasteiger partial charge in [-0.3, -0.25) is 4.68 Å². The maximum atomic E-state index is 6.66. The lowest BCUT2D eigenvalue weighted by Crippen LogP contribution is -2.25. The van der Waals surface area contributed by atoms with Crippen molar-refractivity contribution in [1.82, 2.24) is 19.7 Å². The zero-order chi connectivity index (χ0) is 16.6. The molecule has 0 saturated carbocycles. The fraction of sp³-hybridized carbons (Fsp3) is 0.588. The van der Waals surface area contributed by atoms with Crippen LogP contribution in [0.5, 0.6) is 0 Å². The summed E-state index contributed by atoms with van der Waals surface area (Å²) in [5.41, 5.74) is 3.22. The smallest absolute Gasteiger partial charge is 0.225 e. The first-order valence-electron chi connectivity index (χ1n) is 8.25. The predicted molar refractivity (Wildman–Crippen MR) is 92.9 cm³/mol. The first-order chi connectivity index (χ1) is 11.0. The van der Waals surface area contributed by atoms with Gasteiger partial charge in [0, 0.05) is 31.0 Å². The molecule has 1 saturated heterocycles. The van der Waals surface area contributed by atoms with E-state index in [-0.39, 0.29) is 6.04 Å². The molecule has 3 rings (SSSR count). The largest absolute Gasteiger partial charge is 0.334 e. The van der Waals surface area contributed by atoms with Gasteiger partial charge in [0.25, 0.3) is 0 Å². The third-order valence-corrected chi connectivity index (χ3v) is 4.66. The zero-order valence-electron chi connectivity index (χ0n) is 14.3. The minimum Gasteiger partial charge on any atom is -0.334 e. The molecule has 23 heavy (non-hydrogen) atoms. The first-order valence-corrected chi connectivity index (χ1v) is 8.63. The molecule has 124 valence electrons. The second kappa shape index (κ2) is 6.48. The highest BCUT2D eigenvalue weighted by Crippen LogP contribution is 2.39. The van der Waals surface area contributed by atoms with Gasteiger partial charge in [0.1, 0.15) is 5.15 Å². The van der Waals surface area contributed by atoms with Crippen molar-refractivity contribution in [3.63, 3.8) is 0 Å². The van der Waals surface area contributed by atoms with Gasteiger partial charge in [0.05, 0.1) is 11.7 Å². The average Bonchev–Trinajstić information content (AvgIpc) is 3.05. The van der Waals surface area contributed by atoms with E-state index >= 15 is 0 Å². The molecule has 3 heterocycles. The summed E-state index contributed by atoms with van der Waals surface area (Å²) in [6, 6.07) is 0.214. The van der Waals surface area contributed by atoms with Crippen LogP contribution in [0.4, 0.5) is 5.95 Å². The van der Waals surface area contributed by atoms with Crippen LogP contribution in [-0.4, -0.2) is 26.3 Å². The Morgan fingerprint density at radius 3 is 2.61 bits per heavy atom. The van der Waals surface area contributed by atoms with Crippen molar-refractivity contribution in [2.75, 3.05) is 11.4 Å². The summed E-state index contributed by atoms with van der Waals surface area (Å²) < 4.78 is 1.93. The van der Waals surface area contributed by atoms with Crippen molar-refractivity contribution in [3.05, 3.63) is 34.4 Å². The van der Waals surface area contributed by atoms with E-state index in [1.807, 2.05) is 30.9 Å². The van der Waals surface area contributed by atoms with Crippen LogP contribution in [0.1, 0.15) is 49.6 Å². The molecule has 0 radical (unpaired) electrons. The molecule has 0 N–H and O–H groups in total. The van der Waals surface area contributed by atoms with E-state index in [9.17, 15) is 0 Å². The van der Waals surface area contributed by atoms with Crippen LogP contribution < -0.4 is 4.90 Å². The monoisotopic (exact) mass is 333 g/mol. The van der Waals surface area contributed by atoms with E-state index < -0.39 is 0 Å². The highest BCUT2D eigenvalue weighted by Gasteiger charge is 2.33. The standard InChI is InChI=1S/C17H24ClN5/c1-11(2)10-23-16(18)15(13(4)21-23)14-6-5-7-22(14)17-19-8-12(3)9-20-17/h8-9,11,14H,5-7,10H2,1-4H3. The lowest BCUT2D eigenvalue weighted by molar-refractivity contribution is 0.481. The first kappa shape index (κ1) is 16.2. The van der Waals surface area contributed by atoms with Gasteiger partial charge in [-0.15, -0.1) is 0 Å². The second-order valence-corrected chi connectivity index (χ2v) is 7.14. The molecule has 0 aromatic carbocycles. The number of hydrogen-bond donors (Lipinski definition) is 0. The summed E-state index contributed by atoms with van der Waals surface area (Å²) in [6.45, 7) is 10.2. The van der Waals surface area contributed by atoms with E-state index in [1.165, 1.54) is 0 Å². The summed E-state index contributed by atoms with van der Waals surface area (Å²) in [5, 5.41) is 5.42. The van der Waals surface area contributed by atoms with Gasteiger partial charge < -0.3 is 4.90 Å². The molecular weight excluding hydrogens is 310 g/mol. The van der Waals surface area contributed by atoms with Gasteiger partial charge >= 0.3 is 0 Å². The maximum Gasteiger partial charge on any atom is 0.225 e. The minimum absolute atomic E-state index is 0.214. The van der Waals surface area contributed by atoms with Gasteiger partial charge in [0.2, 0.25) is 5.95 Å². The van der Waals surface area contributed by atoms with Gasteiger partial charge in [-0.1, -0.05) is 25.4 Å². The van der Waals surface area contributed by atoms with Gasteiger partial charge in [-0.25, -0.2) is 9.97 Å². The number of aromatic nitrogens is 4. The van der Waals surface area contributed by atoms with E-state index in [4.69, 9.17) is 11.6 Å². The summed E-state index contributed by atoms with van der Waals surface area (Å²) in [7, 11) is 0. The molecule has 5 nitrogen and oxygen atoms in total. The number of halogens is 1. The maximum absolute atomic E-state index is 6.66. The second-order valence-electron chi connectivity index (χ2n) is 6.78. The van der Waals surface area contributed by atoms with Crippen LogP contribution >= 0.6 is 11.6 Å². The number of rotatable bonds is 4. The molecule has 1 aliphatic rings. The number of aryl methyl sites for hydroxylation is 2. The SMILES string of the molecule is Cc1cnc(N2CCCC2c2c(C)nn(CC(C)C)c2Cl)nc1. The molecule has 1 fully saturated rings. The molecule has 2 aromatic heterocycles. The molecular formula is C17H24ClN5. The normalized spacial score (nSPS) is 18.2. The summed E-state index contributed by atoms with van der Waals surface area (Å²) in [6.07, 6.45) is 5.92. The molecule has 0 aliphatic carbocycles. The fourth-order valence-corrected chi connectivity index (χ4v) is 3.62. The van der Waals surface area contributed by atoms with Crippen LogP contribution in [0.25, 0.3) is 0 Å². The van der Waals surface area contributed by atoms with Crippen LogP contribution in [0, 0.1) is 19.8 Å². The topological polar surface area (TPSA) is 46.8 Å². The van der Waals surface area contributed by atoms with E-state index in [1.54, 1.807) is 0 Å². The predicted octanol–water partition coefficient (Wildman–Crippen LogP) is 3.94. The quantitative estimate of drug-likeness (QED) is 0.850. The Bertz CT molecular complexity index is 677. The van der Waals surface area contributed by atoms with Crippen molar-refractivity contribution in [2.45, 2.75) is 53.1 Å². The molecule has 0 bridgehead atoms. The van der Waals surface area contributed by atoms with E-state index in [2.05, 4.69) is 33.8 Å². The van der Waals surface area contributed by atoms with Crippen LogP contribution in [-0.2, 0) is 6.54 Å². The van der Waals surface area contributed by atoms with Crippen molar-refractivity contribution >= 4 is 17.5 Å². The molecule has 2 aromatic rings. The molecule has 0 amide bonds. The van der Waals surface area contributed by atoms with Gasteiger partial charge in [-0.2, -0.15) is 5.10 Å². The van der Waals surface area contributed by atoms with Crippen LogP contribution in [0.2, 0.25) is 5.15 Å². The third kappa shape index (κ3) is 3.20. The third-order valence-electron chi connectivity index (χ3n) is 4.26. The Morgan fingerprint density at radius 2 is 1.96 bits per heavy atom. The van der Waals surface area contributed by atoms with Crippen LogP contribution in [0.3, 0.4) is 0 Å². The average molecular weight is 334 g/mol.